The second-order valence-electron chi connectivity index (χ2n) is 3.67. The molecule has 4 N–H and O–H groups in total. The molecule has 1 aromatic heterocycles. The van der Waals surface area contributed by atoms with E-state index >= 15 is 0 Å². The number of nitrogens with two attached hydrogens (primary N) is 1. The Kier molecular flexibility index (Phi) is 4.77. The smallest absolute Gasteiger partial charge is 0.274 e. The maximum absolute atomic E-state index is 11.8. The Balaban J connectivity index is 0.00000180. The minimum absolute atomic E-state index is 0. The third kappa shape index (κ3) is 2.97. The van der Waals surface area contributed by atoms with Crippen LogP contribution in [0.5, 0.6) is 5.75 Å². The first-order valence-electron chi connectivity index (χ1n) is 5.35. The van der Waals surface area contributed by atoms with E-state index in [2.05, 4.69) is 15.3 Å². The number of aromatic amines is 1. The molecule has 19 heavy (non-hydrogen) atoms. The number of guanidine groups is 1. The van der Waals surface area contributed by atoms with Crippen LogP contribution in [0.15, 0.2) is 29.3 Å². The van der Waals surface area contributed by atoms with E-state index in [-0.39, 0.29) is 24.3 Å². The Morgan fingerprint density at radius 1 is 1.47 bits per heavy atom. The van der Waals surface area contributed by atoms with E-state index in [0.717, 1.165) is 10.9 Å². The first-order valence-corrected chi connectivity index (χ1v) is 5.35. The second-order valence-corrected chi connectivity index (χ2v) is 3.67. The fourth-order valence-electron chi connectivity index (χ4n) is 1.66. The number of hydrogen-bond acceptors (Lipinski definition) is 3. The summed E-state index contributed by atoms with van der Waals surface area (Å²) >= 11 is 0. The number of H-pyrrole nitrogens is 1. The van der Waals surface area contributed by atoms with Crippen molar-refractivity contribution < 1.29 is 9.53 Å². The number of hydrogen-bond donors (Lipinski definition) is 3. The number of rotatable bonds is 2. The van der Waals surface area contributed by atoms with Gasteiger partial charge >= 0.3 is 0 Å². The molecule has 0 bridgehead atoms. The Hall–Kier alpha value is -2.21. The van der Waals surface area contributed by atoms with E-state index in [1.54, 1.807) is 13.2 Å². The molecule has 0 aliphatic heterocycles. The third-order valence-corrected chi connectivity index (χ3v) is 2.57. The van der Waals surface area contributed by atoms with Crippen molar-refractivity contribution in [1.29, 1.82) is 0 Å². The van der Waals surface area contributed by atoms with E-state index in [1.807, 2.05) is 18.2 Å². The number of aliphatic imine (C=N–C) groups is 1. The minimum Gasteiger partial charge on any atom is -0.495 e. The number of halogens is 1. The first kappa shape index (κ1) is 14.8. The molecule has 0 saturated carbocycles. The molecule has 0 fully saturated rings. The van der Waals surface area contributed by atoms with Crippen molar-refractivity contribution in [1.82, 2.24) is 10.3 Å². The molecule has 102 valence electrons. The fraction of sp³-hybridized carbons (Fsp3) is 0.167. The molecule has 1 heterocycles. The van der Waals surface area contributed by atoms with Crippen LogP contribution in [0.3, 0.4) is 0 Å². The molecule has 0 unspecified atom stereocenters. The first-order chi connectivity index (χ1) is 8.65. The van der Waals surface area contributed by atoms with Gasteiger partial charge in [-0.3, -0.25) is 15.1 Å². The van der Waals surface area contributed by atoms with Gasteiger partial charge in [-0.25, -0.2) is 0 Å². The van der Waals surface area contributed by atoms with Crippen molar-refractivity contribution in [3.63, 3.8) is 0 Å². The fourth-order valence-corrected chi connectivity index (χ4v) is 1.66. The molecule has 0 radical (unpaired) electrons. The lowest BCUT2D eigenvalue weighted by Gasteiger charge is -2.01. The maximum atomic E-state index is 11.8. The van der Waals surface area contributed by atoms with Gasteiger partial charge in [0.05, 0.1) is 12.6 Å². The van der Waals surface area contributed by atoms with Crippen molar-refractivity contribution in [3.8, 4) is 5.75 Å². The highest BCUT2D eigenvalue weighted by atomic mass is 35.5. The van der Waals surface area contributed by atoms with Crippen molar-refractivity contribution in [2.45, 2.75) is 0 Å². The van der Waals surface area contributed by atoms with Gasteiger partial charge in [0.1, 0.15) is 11.4 Å². The van der Waals surface area contributed by atoms with Crippen LogP contribution in [-0.4, -0.2) is 31.0 Å². The molecule has 0 spiro atoms. The van der Waals surface area contributed by atoms with Gasteiger partial charge in [0.2, 0.25) is 0 Å². The Morgan fingerprint density at radius 3 is 2.84 bits per heavy atom. The molecule has 0 aliphatic rings. The second kappa shape index (κ2) is 6.10. The largest absolute Gasteiger partial charge is 0.495 e. The molecule has 7 heteroatoms. The summed E-state index contributed by atoms with van der Waals surface area (Å²) in [6.07, 6.45) is 0. The van der Waals surface area contributed by atoms with Crippen LogP contribution in [0.25, 0.3) is 10.9 Å². The molecular formula is C12H15ClN4O2. The topological polar surface area (TPSA) is 92.5 Å². The lowest BCUT2D eigenvalue weighted by Crippen LogP contribution is -2.36. The number of para-hydroxylation sites is 1. The van der Waals surface area contributed by atoms with E-state index in [1.165, 1.54) is 7.05 Å². The minimum atomic E-state index is -0.337. The average molecular weight is 283 g/mol. The van der Waals surface area contributed by atoms with Crippen LogP contribution in [0, 0.1) is 0 Å². The summed E-state index contributed by atoms with van der Waals surface area (Å²) < 4.78 is 5.21. The van der Waals surface area contributed by atoms with Crippen molar-refractivity contribution >= 4 is 35.2 Å². The van der Waals surface area contributed by atoms with E-state index in [0.29, 0.717) is 11.4 Å². The molecule has 0 aliphatic carbocycles. The van der Waals surface area contributed by atoms with Crippen LogP contribution in [0.1, 0.15) is 10.5 Å². The highest BCUT2D eigenvalue weighted by Crippen LogP contribution is 2.25. The lowest BCUT2D eigenvalue weighted by atomic mass is 10.2. The standard InChI is InChI=1S/C12H14N4O2.ClH/c1-14-12(13)16-11(17)8-6-7-4-3-5-9(18-2)10(7)15-8;/h3-6,15H,1-2H3,(H3,13,14,16,17);1H. The summed E-state index contributed by atoms with van der Waals surface area (Å²) in [5, 5.41) is 3.36. The highest BCUT2D eigenvalue weighted by Gasteiger charge is 2.12. The number of methoxy groups -OCH3 is 1. The number of aromatic nitrogens is 1. The Bertz CT molecular complexity index is 621. The SMILES string of the molecule is CN=C(N)NC(=O)c1cc2cccc(OC)c2[nH]1.Cl. The molecule has 2 rings (SSSR count). The van der Waals surface area contributed by atoms with Gasteiger partial charge in [0.25, 0.3) is 5.91 Å². The summed E-state index contributed by atoms with van der Waals surface area (Å²) in [4.78, 5) is 18.5. The lowest BCUT2D eigenvalue weighted by molar-refractivity contribution is 0.0972. The summed E-state index contributed by atoms with van der Waals surface area (Å²) in [6, 6.07) is 7.31. The summed E-state index contributed by atoms with van der Waals surface area (Å²) in [7, 11) is 3.08. The van der Waals surface area contributed by atoms with Crippen LogP contribution >= 0.6 is 12.4 Å². The number of amides is 1. The quantitative estimate of drug-likeness (QED) is 0.572. The maximum Gasteiger partial charge on any atom is 0.274 e. The molecule has 6 nitrogen and oxygen atoms in total. The van der Waals surface area contributed by atoms with E-state index in [9.17, 15) is 4.79 Å². The van der Waals surface area contributed by atoms with Gasteiger partial charge in [0, 0.05) is 12.4 Å². The summed E-state index contributed by atoms with van der Waals surface area (Å²) in [5.74, 6) is 0.422. The van der Waals surface area contributed by atoms with Gasteiger partial charge < -0.3 is 15.5 Å². The molecule has 0 atom stereocenters. The third-order valence-electron chi connectivity index (χ3n) is 2.57. The van der Waals surface area contributed by atoms with Crippen LogP contribution in [0.4, 0.5) is 0 Å². The number of ether oxygens (including phenoxy) is 1. The van der Waals surface area contributed by atoms with Crippen LogP contribution < -0.4 is 15.8 Å². The zero-order valence-corrected chi connectivity index (χ0v) is 11.4. The van der Waals surface area contributed by atoms with Gasteiger partial charge in [-0.1, -0.05) is 12.1 Å². The zero-order valence-electron chi connectivity index (χ0n) is 10.6. The van der Waals surface area contributed by atoms with Crippen LogP contribution in [-0.2, 0) is 0 Å². The number of benzene rings is 1. The monoisotopic (exact) mass is 282 g/mol. The Morgan fingerprint density at radius 2 is 2.21 bits per heavy atom. The predicted molar refractivity (Wildman–Crippen MR) is 77.1 cm³/mol. The van der Waals surface area contributed by atoms with E-state index in [4.69, 9.17) is 10.5 Å². The Labute approximate surface area is 116 Å². The average Bonchev–Trinajstić information content (AvgIpc) is 2.82. The van der Waals surface area contributed by atoms with Crippen molar-refractivity contribution in [2.75, 3.05) is 14.2 Å². The molecular weight excluding hydrogens is 268 g/mol. The van der Waals surface area contributed by atoms with Gasteiger partial charge in [-0.05, 0) is 12.1 Å². The predicted octanol–water partition coefficient (Wildman–Crippen LogP) is 1.27. The van der Waals surface area contributed by atoms with Gasteiger partial charge in [-0.15, -0.1) is 12.4 Å². The highest BCUT2D eigenvalue weighted by molar-refractivity contribution is 6.06. The molecule has 1 amide bonds. The van der Waals surface area contributed by atoms with E-state index < -0.39 is 0 Å². The van der Waals surface area contributed by atoms with Crippen molar-refractivity contribution in [2.24, 2.45) is 10.7 Å². The zero-order chi connectivity index (χ0) is 13.1. The number of carbonyl (C=O) groups is 1. The number of nitrogens with one attached hydrogen (secondary N) is 2. The summed E-state index contributed by atoms with van der Waals surface area (Å²) in [6.45, 7) is 0. The number of fused-ring (bicyclic) bond motifs is 1. The summed E-state index contributed by atoms with van der Waals surface area (Å²) in [5.41, 5.74) is 6.62. The molecule has 2 aromatic rings. The molecule has 1 aromatic carbocycles. The van der Waals surface area contributed by atoms with Gasteiger partial charge in [-0.2, -0.15) is 0 Å². The van der Waals surface area contributed by atoms with Crippen molar-refractivity contribution in [3.05, 3.63) is 30.0 Å². The number of carbonyl (C=O) groups excluding carboxylic acids is 1. The van der Waals surface area contributed by atoms with Gasteiger partial charge in [0.15, 0.2) is 5.96 Å². The number of nitrogens with zero attached hydrogens (tertiary/aromatic N) is 1. The van der Waals surface area contributed by atoms with Crippen LogP contribution in [0.2, 0.25) is 0 Å². The molecule has 0 saturated heterocycles. The normalized spacial score (nSPS) is 10.9.